The zero-order valence-corrected chi connectivity index (χ0v) is 12.2. The molecule has 0 atom stereocenters. The van der Waals surface area contributed by atoms with Crippen LogP contribution in [-0.4, -0.2) is 28.5 Å². The lowest BCUT2D eigenvalue weighted by Crippen LogP contribution is -2.06. The Morgan fingerprint density at radius 2 is 2.15 bits per heavy atom. The molecule has 6 heteroatoms. The molecule has 0 fully saturated rings. The third-order valence-electron chi connectivity index (χ3n) is 3.03. The minimum Gasteiger partial charge on any atom is -0.379 e. The molecule has 0 spiro atoms. The van der Waals surface area contributed by atoms with E-state index in [-0.39, 0.29) is 10.6 Å². The van der Waals surface area contributed by atoms with Crippen LogP contribution in [0.15, 0.2) is 30.5 Å². The van der Waals surface area contributed by atoms with Crippen molar-refractivity contribution in [1.82, 2.24) is 4.98 Å². The lowest BCUT2D eigenvalue weighted by Gasteiger charge is -2.09. The number of nitrogens with zero attached hydrogens (tertiary/aromatic N) is 2. The van der Waals surface area contributed by atoms with E-state index >= 15 is 0 Å². The maximum absolute atomic E-state index is 11.1. The van der Waals surface area contributed by atoms with Crippen LogP contribution >= 0.6 is 11.8 Å². The Hall–Kier alpha value is -1.82. The fourth-order valence-corrected chi connectivity index (χ4v) is 2.53. The summed E-state index contributed by atoms with van der Waals surface area (Å²) in [6, 6.07) is 7.47. The molecule has 0 amide bonds. The first-order valence-electron chi connectivity index (χ1n) is 6.49. The summed E-state index contributed by atoms with van der Waals surface area (Å²) in [6.45, 7) is 0.732. The summed E-state index contributed by atoms with van der Waals surface area (Å²) in [5.41, 5.74) is 1.38. The van der Waals surface area contributed by atoms with Crippen LogP contribution in [-0.2, 0) is 0 Å². The second-order valence-corrected chi connectivity index (χ2v) is 5.40. The molecule has 2 aromatic rings. The number of pyridine rings is 1. The number of hydrogen-bond donors (Lipinski definition) is 1. The number of nitrogens with one attached hydrogen (secondary N) is 1. The predicted molar refractivity (Wildman–Crippen MR) is 84.5 cm³/mol. The van der Waals surface area contributed by atoms with Crippen LogP contribution in [0.1, 0.15) is 12.8 Å². The highest BCUT2D eigenvalue weighted by atomic mass is 32.2. The Labute approximate surface area is 121 Å². The van der Waals surface area contributed by atoms with Gasteiger partial charge in [0.15, 0.2) is 0 Å². The Balaban J connectivity index is 2.23. The topological polar surface area (TPSA) is 68.1 Å². The number of anilines is 1. The summed E-state index contributed by atoms with van der Waals surface area (Å²) in [5.74, 6) is 1.11. The Bertz CT molecular complexity index is 604. The minimum absolute atomic E-state index is 0.0357. The lowest BCUT2D eigenvalue weighted by atomic mass is 10.1. The number of unbranched alkanes of at least 4 members (excludes halogenated alkanes) is 1. The van der Waals surface area contributed by atoms with Gasteiger partial charge in [-0.15, -0.1) is 0 Å². The van der Waals surface area contributed by atoms with Crippen LogP contribution in [0.3, 0.4) is 0 Å². The number of thioether (sulfide) groups is 1. The molecular weight excluding hydrogens is 274 g/mol. The molecule has 0 unspecified atom stereocenters. The van der Waals surface area contributed by atoms with E-state index < -0.39 is 0 Å². The number of nitro groups is 1. The maximum atomic E-state index is 11.1. The molecule has 0 aliphatic carbocycles. The van der Waals surface area contributed by atoms with Gasteiger partial charge in [-0.05, 0) is 30.9 Å². The van der Waals surface area contributed by atoms with Gasteiger partial charge in [-0.1, -0.05) is 18.2 Å². The monoisotopic (exact) mass is 291 g/mol. The summed E-state index contributed by atoms with van der Waals surface area (Å²) in [5, 5.41) is 15.1. The summed E-state index contributed by atoms with van der Waals surface area (Å²) >= 11 is 1.81. The van der Waals surface area contributed by atoms with Crippen molar-refractivity contribution in [2.45, 2.75) is 12.8 Å². The third-order valence-corrected chi connectivity index (χ3v) is 3.73. The summed E-state index contributed by atoms with van der Waals surface area (Å²) < 4.78 is 0. The smallest absolute Gasteiger partial charge is 0.311 e. The second kappa shape index (κ2) is 7.09. The van der Waals surface area contributed by atoms with E-state index in [1.807, 2.05) is 36.0 Å². The van der Waals surface area contributed by atoms with Crippen LogP contribution in [0, 0.1) is 10.1 Å². The molecule has 106 valence electrons. The molecule has 1 aromatic heterocycles. The Morgan fingerprint density at radius 1 is 1.35 bits per heavy atom. The van der Waals surface area contributed by atoms with Crippen molar-refractivity contribution in [2.75, 3.05) is 23.9 Å². The van der Waals surface area contributed by atoms with Gasteiger partial charge in [0.25, 0.3) is 0 Å². The number of para-hydroxylation sites is 1. The number of benzene rings is 1. The van der Waals surface area contributed by atoms with Crippen molar-refractivity contribution < 1.29 is 4.92 Å². The average molecular weight is 291 g/mol. The summed E-state index contributed by atoms with van der Waals surface area (Å²) in [6.07, 6.45) is 5.50. The van der Waals surface area contributed by atoms with Crippen molar-refractivity contribution in [3.63, 3.8) is 0 Å². The molecule has 0 saturated carbocycles. The Morgan fingerprint density at radius 3 is 2.90 bits per heavy atom. The molecule has 1 aromatic carbocycles. The van der Waals surface area contributed by atoms with Gasteiger partial charge in [0.05, 0.1) is 10.4 Å². The molecular formula is C14H17N3O2S. The standard InChI is InChI=1S/C14H17N3O2S/c1-20-9-5-4-8-15-14-11-6-2-3-7-12(11)16-10-13(14)17(18)19/h2-3,6-7,10H,4-5,8-9H2,1H3,(H,15,16). The normalized spacial score (nSPS) is 10.7. The molecule has 2 rings (SSSR count). The van der Waals surface area contributed by atoms with E-state index in [0.717, 1.165) is 36.0 Å². The highest BCUT2D eigenvalue weighted by molar-refractivity contribution is 7.98. The molecule has 0 bridgehead atoms. The first kappa shape index (κ1) is 14.6. The molecule has 5 nitrogen and oxygen atoms in total. The largest absolute Gasteiger partial charge is 0.379 e. The van der Waals surface area contributed by atoms with E-state index in [1.54, 1.807) is 0 Å². The van der Waals surface area contributed by atoms with E-state index in [9.17, 15) is 10.1 Å². The van der Waals surface area contributed by atoms with Gasteiger partial charge in [-0.25, -0.2) is 4.98 Å². The summed E-state index contributed by atoms with van der Waals surface area (Å²) in [7, 11) is 0. The SMILES string of the molecule is CSCCCCNc1c([N+](=O)[O-])cnc2ccccc12. The highest BCUT2D eigenvalue weighted by Crippen LogP contribution is 2.31. The van der Waals surface area contributed by atoms with Crippen molar-refractivity contribution in [3.8, 4) is 0 Å². The van der Waals surface area contributed by atoms with Crippen molar-refractivity contribution in [3.05, 3.63) is 40.6 Å². The average Bonchev–Trinajstić information content (AvgIpc) is 2.46. The van der Waals surface area contributed by atoms with Gasteiger partial charge < -0.3 is 5.32 Å². The molecule has 20 heavy (non-hydrogen) atoms. The first-order valence-corrected chi connectivity index (χ1v) is 7.88. The summed E-state index contributed by atoms with van der Waals surface area (Å²) in [4.78, 5) is 14.9. The second-order valence-electron chi connectivity index (χ2n) is 4.42. The van der Waals surface area contributed by atoms with Crippen LogP contribution < -0.4 is 5.32 Å². The molecule has 1 N–H and O–H groups in total. The van der Waals surface area contributed by atoms with Gasteiger partial charge in [0.2, 0.25) is 0 Å². The third kappa shape index (κ3) is 3.39. The highest BCUT2D eigenvalue weighted by Gasteiger charge is 2.17. The lowest BCUT2D eigenvalue weighted by molar-refractivity contribution is -0.384. The fourth-order valence-electron chi connectivity index (χ4n) is 2.04. The van der Waals surface area contributed by atoms with Gasteiger partial charge in [0.1, 0.15) is 11.9 Å². The zero-order valence-electron chi connectivity index (χ0n) is 11.3. The fraction of sp³-hybridized carbons (Fsp3) is 0.357. The Kier molecular flexibility index (Phi) is 5.17. The van der Waals surface area contributed by atoms with Crippen molar-refractivity contribution in [2.24, 2.45) is 0 Å². The van der Waals surface area contributed by atoms with Gasteiger partial charge in [-0.3, -0.25) is 10.1 Å². The molecule has 0 aliphatic heterocycles. The van der Waals surface area contributed by atoms with Crippen LogP contribution in [0.25, 0.3) is 10.9 Å². The molecule has 1 heterocycles. The quantitative estimate of drug-likeness (QED) is 0.478. The maximum Gasteiger partial charge on any atom is 0.311 e. The van der Waals surface area contributed by atoms with E-state index in [0.29, 0.717) is 5.69 Å². The van der Waals surface area contributed by atoms with Gasteiger partial charge in [0, 0.05) is 11.9 Å². The number of fused-ring (bicyclic) bond motifs is 1. The molecule has 0 aliphatic rings. The minimum atomic E-state index is -0.385. The number of aromatic nitrogens is 1. The molecule has 0 saturated heterocycles. The van der Waals surface area contributed by atoms with Crippen LogP contribution in [0.4, 0.5) is 11.4 Å². The van der Waals surface area contributed by atoms with Crippen LogP contribution in [0.2, 0.25) is 0 Å². The predicted octanol–water partition coefficient (Wildman–Crippen LogP) is 3.70. The van der Waals surface area contributed by atoms with Gasteiger partial charge >= 0.3 is 5.69 Å². The van der Waals surface area contributed by atoms with E-state index in [4.69, 9.17) is 0 Å². The number of hydrogen-bond acceptors (Lipinski definition) is 5. The number of rotatable bonds is 7. The molecule has 0 radical (unpaired) electrons. The van der Waals surface area contributed by atoms with Crippen molar-refractivity contribution >= 4 is 34.0 Å². The zero-order chi connectivity index (χ0) is 14.4. The van der Waals surface area contributed by atoms with Crippen LogP contribution in [0.5, 0.6) is 0 Å². The van der Waals surface area contributed by atoms with E-state index in [1.165, 1.54) is 6.20 Å². The van der Waals surface area contributed by atoms with Gasteiger partial charge in [-0.2, -0.15) is 11.8 Å². The van der Waals surface area contributed by atoms with E-state index in [2.05, 4.69) is 16.6 Å². The first-order chi connectivity index (χ1) is 9.74. The van der Waals surface area contributed by atoms with Crippen molar-refractivity contribution in [1.29, 1.82) is 0 Å².